The Kier molecular flexibility index (Phi) is 3.79. The first-order chi connectivity index (χ1) is 9.13. The van der Waals surface area contributed by atoms with Gasteiger partial charge in [-0.1, -0.05) is 0 Å². The van der Waals surface area contributed by atoms with Crippen molar-refractivity contribution in [1.29, 1.82) is 0 Å². The third-order valence-corrected chi connectivity index (χ3v) is 3.34. The molecule has 1 heterocycles. The van der Waals surface area contributed by atoms with Crippen LogP contribution in [0.4, 0.5) is 5.69 Å². The fourth-order valence-electron chi connectivity index (χ4n) is 2.26. The smallest absolute Gasteiger partial charge is 0.145 e. The molecule has 0 radical (unpaired) electrons. The topological polar surface area (TPSA) is 43.4 Å². The molecule has 1 aromatic heterocycles. The number of fused-ring (bicyclic) bond motifs is 1. The molecular weight excluding hydrogens is 240 g/mol. The lowest BCUT2D eigenvalue weighted by atomic mass is 10.1. The Hall–Kier alpha value is -1.97. The lowest BCUT2D eigenvalue weighted by Crippen LogP contribution is -2.04. The molecule has 2 rings (SSSR count). The molecule has 0 fully saturated rings. The highest BCUT2D eigenvalue weighted by atomic mass is 16.5. The van der Waals surface area contributed by atoms with E-state index in [4.69, 9.17) is 9.47 Å². The van der Waals surface area contributed by atoms with Crippen LogP contribution in [0.5, 0.6) is 11.5 Å². The van der Waals surface area contributed by atoms with E-state index in [2.05, 4.69) is 24.1 Å². The number of methoxy groups -OCH3 is 2. The number of hydrogen-bond donors (Lipinski definition) is 1. The summed E-state index contributed by atoms with van der Waals surface area (Å²) < 4.78 is 10.9. The molecule has 0 aliphatic rings. The van der Waals surface area contributed by atoms with Gasteiger partial charge in [-0.25, -0.2) is 4.98 Å². The number of benzene rings is 1. The van der Waals surface area contributed by atoms with Crippen LogP contribution in [0.1, 0.15) is 18.2 Å². The second-order valence-electron chi connectivity index (χ2n) is 4.42. The van der Waals surface area contributed by atoms with Crippen LogP contribution in [0.3, 0.4) is 0 Å². The normalized spacial score (nSPS) is 10.6. The van der Waals surface area contributed by atoms with E-state index in [0.717, 1.165) is 45.9 Å². The molecule has 0 spiro atoms. The minimum Gasteiger partial charge on any atom is -0.496 e. The van der Waals surface area contributed by atoms with Gasteiger partial charge in [0, 0.05) is 12.2 Å². The number of nitrogens with one attached hydrogen (secondary N) is 1. The third-order valence-electron chi connectivity index (χ3n) is 3.34. The van der Waals surface area contributed by atoms with Crippen molar-refractivity contribution in [3.8, 4) is 11.5 Å². The quantitative estimate of drug-likeness (QED) is 0.916. The first-order valence-corrected chi connectivity index (χ1v) is 6.39. The number of aromatic nitrogens is 1. The van der Waals surface area contributed by atoms with Crippen molar-refractivity contribution in [2.24, 2.45) is 0 Å². The van der Waals surface area contributed by atoms with Gasteiger partial charge in [-0.2, -0.15) is 0 Å². The highest BCUT2D eigenvalue weighted by Crippen LogP contribution is 2.39. The number of hydrogen-bond acceptors (Lipinski definition) is 4. The van der Waals surface area contributed by atoms with Crippen LogP contribution in [0, 0.1) is 13.8 Å². The highest BCUT2D eigenvalue weighted by Gasteiger charge is 2.16. The molecule has 1 aromatic carbocycles. The van der Waals surface area contributed by atoms with Gasteiger partial charge in [0.15, 0.2) is 0 Å². The average Bonchev–Trinajstić information content (AvgIpc) is 2.42. The molecular formula is C15H20N2O2. The van der Waals surface area contributed by atoms with Crippen LogP contribution in [-0.2, 0) is 0 Å². The lowest BCUT2D eigenvalue weighted by molar-refractivity contribution is 0.410. The Labute approximate surface area is 113 Å². The van der Waals surface area contributed by atoms with E-state index in [1.165, 1.54) is 0 Å². The first-order valence-electron chi connectivity index (χ1n) is 6.39. The zero-order valence-electron chi connectivity index (χ0n) is 12.1. The van der Waals surface area contributed by atoms with E-state index in [-0.39, 0.29) is 0 Å². The standard InChI is InChI=1S/C15H20N2O2/c1-6-16-14-9(2)10(3)17-15-12(19-5)8-7-11(18-4)13(14)15/h7-8H,6H2,1-5H3,(H,16,17). The zero-order chi connectivity index (χ0) is 14.0. The molecule has 4 nitrogen and oxygen atoms in total. The predicted octanol–water partition coefficient (Wildman–Crippen LogP) is 3.30. The summed E-state index contributed by atoms with van der Waals surface area (Å²) in [5.41, 5.74) is 4.04. The maximum Gasteiger partial charge on any atom is 0.145 e. The van der Waals surface area contributed by atoms with Gasteiger partial charge in [0.05, 0.1) is 25.3 Å². The van der Waals surface area contributed by atoms with E-state index in [0.29, 0.717) is 0 Å². The molecule has 0 aliphatic carbocycles. The van der Waals surface area contributed by atoms with E-state index in [9.17, 15) is 0 Å². The van der Waals surface area contributed by atoms with Crippen molar-refractivity contribution >= 4 is 16.6 Å². The number of anilines is 1. The van der Waals surface area contributed by atoms with E-state index in [1.54, 1.807) is 14.2 Å². The van der Waals surface area contributed by atoms with E-state index < -0.39 is 0 Å². The fraction of sp³-hybridized carbons (Fsp3) is 0.400. The van der Waals surface area contributed by atoms with Gasteiger partial charge >= 0.3 is 0 Å². The first kappa shape index (κ1) is 13.5. The number of nitrogens with zero attached hydrogens (tertiary/aromatic N) is 1. The Bertz CT molecular complexity index is 609. The van der Waals surface area contributed by atoms with Crippen molar-refractivity contribution in [3.05, 3.63) is 23.4 Å². The maximum atomic E-state index is 5.47. The molecule has 0 amide bonds. The van der Waals surface area contributed by atoms with Crippen molar-refractivity contribution in [2.75, 3.05) is 26.1 Å². The fourth-order valence-corrected chi connectivity index (χ4v) is 2.26. The molecule has 0 unspecified atom stereocenters. The minimum absolute atomic E-state index is 0.762. The van der Waals surface area contributed by atoms with Gasteiger partial charge < -0.3 is 14.8 Å². The van der Waals surface area contributed by atoms with E-state index in [1.807, 2.05) is 19.1 Å². The Morgan fingerprint density at radius 3 is 2.32 bits per heavy atom. The van der Waals surface area contributed by atoms with Crippen LogP contribution in [-0.4, -0.2) is 25.7 Å². The summed E-state index contributed by atoms with van der Waals surface area (Å²) in [5, 5.41) is 4.39. The minimum atomic E-state index is 0.762. The molecule has 1 N–H and O–H groups in total. The second kappa shape index (κ2) is 5.34. The SMILES string of the molecule is CCNc1c(C)c(C)nc2c(OC)ccc(OC)c12. The molecule has 0 bridgehead atoms. The number of aryl methyl sites for hydroxylation is 1. The molecule has 0 saturated carbocycles. The van der Waals surface area contributed by atoms with Gasteiger partial charge in [0.25, 0.3) is 0 Å². The lowest BCUT2D eigenvalue weighted by Gasteiger charge is -2.17. The largest absolute Gasteiger partial charge is 0.496 e. The van der Waals surface area contributed by atoms with Crippen LogP contribution in [0.25, 0.3) is 10.9 Å². The van der Waals surface area contributed by atoms with Crippen LogP contribution in [0.2, 0.25) is 0 Å². The van der Waals surface area contributed by atoms with E-state index >= 15 is 0 Å². The van der Waals surface area contributed by atoms with Crippen LogP contribution >= 0.6 is 0 Å². The van der Waals surface area contributed by atoms with Gasteiger partial charge in [0.1, 0.15) is 17.0 Å². The van der Waals surface area contributed by atoms with Crippen LogP contribution in [0.15, 0.2) is 12.1 Å². The zero-order valence-corrected chi connectivity index (χ0v) is 12.1. The summed E-state index contributed by atoms with van der Waals surface area (Å²) >= 11 is 0. The summed E-state index contributed by atoms with van der Waals surface area (Å²) in [7, 11) is 3.33. The average molecular weight is 260 g/mol. The molecule has 0 aliphatic heterocycles. The van der Waals surface area contributed by atoms with Crippen LogP contribution < -0.4 is 14.8 Å². The summed E-state index contributed by atoms with van der Waals surface area (Å²) in [6.45, 7) is 7.00. The summed E-state index contributed by atoms with van der Waals surface area (Å²) in [5.74, 6) is 1.57. The summed E-state index contributed by atoms with van der Waals surface area (Å²) in [4.78, 5) is 4.65. The molecule has 102 valence electrons. The summed E-state index contributed by atoms with van der Waals surface area (Å²) in [6.07, 6.45) is 0. The number of ether oxygens (including phenoxy) is 2. The monoisotopic (exact) mass is 260 g/mol. The molecule has 0 saturated heterocycles. The van der Waals surface area contributed by atoms with Gasteiger partial charge in [-0.3, -0.25) is 0 Å². The second-order valence-corrected chi connectivity index (χ2v) is 4.42. The Morgan fingerprint density at radius 2 is 1.74 bits per heavy atom. The molecule has 19 heavy (non-hydrogen) atoms. The van der Waals surface area contributed by atoms with Crippen molar-refractivity contribution < 1.29 is 9.47 Å². The van der Waals surface area contributed by atoms with Gasteiger partial charge in [-0.05, 0) is 38.5 Å². The molecule has 0 atom stereocenters. The summed E-state index contributed by atoms with van der Waals surface area (Å²) in [6, 6.07) is 3.80. The Balaban J connectivity index is 2.91. The predicted molar refractivity (Wildman–Crippen MR) is 78.5 cm³/mol. The highest BCUT2D eigenvalue weighted by molar-refractivity contribution is 6.01. The van der Waals surface area contributed by atoms with Crippen molar-refractivity contribution in [1.82, 2.24) is 4.98 Å². The number of rotatable bonds is 4. The third kappa shape index (κ3) is 2.18. The van der Waals surface area contributed by atoms with Gasteiger partial charge in [-0.15, -0.1) is 0 Å². The maximum absolute atomic E-state index is 5.47. The Morgan fingerprint density at radius 1 is 1.11 bits per heavy atom. The van der Waals surface area contributed by atoms with Crippen molar-refractivity contribution in [3.63, 3.8) is 0 Å². The molecule has 4 heteroatoms. The number of pyridine rings is 1. The molecule has 2 aromatic rings. The van der Waals surface area contributed by atoms with Gasteiger partial charge in [0.2, 0.25) is 0 Å². The van der Waals surface area contributed by atoms with Crippen molar-refractivity contribution in [2.45, 2.75) is 20.8 Å².